The van der Waals surface area contributed by atoms with Crippen molar-refractivity contribution in [1.29, 1.82) is 0 Å². The minimum absolute atomic E-state index is 0.546. The van der Waals surface area contributed by atoms with Crippen LogP contribution in [0.2, 0.25) is 0 Å². The summed E-state index contributed by atoms with van der Waals surface area (Å²) in [5.41, 5.74) is 9.26. The van der Waals surface area contributed by atoms with E-state index in [4.69, 9.17) is 15.2 Å². The molecular weight excluding hydrogens is 214 g/mol. The Morgan fingerprint density at radius 3 is 2.53 bits per heavy atom. The van der Waals surface area contributed by atoms with E-state index in [0.717, 1.165) is 25.4 Å². The summed E-state index contributed by atoms with van der Waals surface area (Å²) < 4.78 is 11.0. The van der Waals surface area contributed by atoms with Gasteiger partial charge in [0.25, 0.3) is 0 Å². The first-order chi connectivity index (χ1) is 8.20. The highest BCUT2D eigenvalue weighted by atomic mass is 16.5. The van der Waals surface area contributed by atoms with Crippen LogP contribution in [0.3, 0.4) is 0 Å². The highest BCUT2D eigenvalue weighted by Crippen LogP contribution is 2.24. The molecule has 0 unspecified atom stereocenters. The molecular formula is C14H23NO2. The van der Waals surface area contributed by atoms with Crippen molar-refractivity contribution in [3.05, 3.63) is 28.8 Å². The first-order valence-electron chi connectivity index (χ1n) is 6.20. The van der Waals surface area contributed by atoms with Gasteiger partial charge in [0.2, 0.25) is 0 Å². The van der Waals surface area contributed by atoms with E-state index < -0.39 is 0 Å². The first kappa shape index (κ1) is 14.0. The number of benzene rings is 1. The Morgan fingerprint density at radius 1 is 1.12 bits per heavy atom. The van der Waals surface area contributed by atoms with Crippen molar-refractivity contribution in [2.24, 2.45) is 5.73 Å². The molecule has 0 fully saturated rings. The summed E-state index contributed by atoms with van der Waals surface area (Å²) in [6.45, 7) is 8.90. The zero-order valence-corrected chi connectivity index (χ0v) is 11.1. The second kappa shape index (κ2) is 7.30. The molecule has 1 aromatic rings. The normalized spacial score (nSPS) is 10.6. The van der Waals surface area contributed by atoms with Crippen molar-refractivity contribution in [3.8, 4) is 5.75 Å². The van der Waals surface area contributed by atoms with Crippen LogP contribution in [0.4, 0.5) is 0 Å². The van der Waals surface area contributed by atoms with E-state index >= 15 is 0 Å². The van der Waals surface area contributed by atoms with Crippen LogP contribution in [0.25, 0.3) is 0 Å². The molecule has 3 nitrogen and oxygen atoms in total. The molecule has 2 N–H and O–H groups in total. The molecule has 0 aliphatic heterocycles. The van der Waals surface area contributed by atoms with Crippen molar-refractivity contribution in [3.63, 3.8) is 0 Å². The average molecular weight is 237 g/mol. The second-order valence-corrected chi connectivity index (χ2v) is 4.06. The Labute approximate surface area is 104 Å². The van der Waals surface area contributed by atoms with Gasteiger partial charge in [0.15, 0.2) is 0 Å². The lowest BCUT2D eigenvalue weighted by Crippen LogP contribution is -2.11. The molecule has 0 amide bonds. The van der Waals surface area contributed by atoms with Crippen molar-refractivity contribution >= 4 is 0 Å². The molecule has 0 bridgehead atoms. The van der Waals surface area contributed by atoms with Crippen molar-refractivity contribution < 1.29 is 9.47 Å². The van der Waals surface area contributed by atoms with E-state index in [1.54, 1.807) is 0 Å². The summed E-state index contributed by atoms with van der Waals surface area (Å²) in [4.78, 5) is 0. The van der Waals surface area contributed by atoms with Crippen LogP contribution >= 0.6 is 0 Å². The predicted molar refractivity (Wildman–Crippen MR) is 70.7 cm³/mol. The maximum atomic E-state index is 5.59. The topological polar surface area (TPSA) is 44.5 Å². The van der Waals surface area contributed by atoms with Gasteiger partial charge in [-0.15, -0.1) is 0 Å². The third-order valence-corrected chi connectivity index (χ3v) is 2.94. The molecule has 96 valence electrons. The van der Waals surface area contributed by atoms with E-state index in [1.165, 1.54) is 16.7 Å². The number of rotatable bonds is 7. The maximum Gasteiger partial charge on any atom is 0.122 e. The van der Waals surface area contributed by atoms with Gasteiger partial charge >= 0.3 is 0 Å². The Balaban J connectivity index is 2.72. The Hall–Kier alpha value is -1.06. The van der Waals surface area contributed by atoms with Gasteiger partial charge in [-0.05, 0) is 49.9 Å². The molecule has 0 radical (unpaired) electrons. The fourth-order valence-corrected chi connectivity index (χ4v) is 1.77. The number of nitrogens with two attached hydrogens (primary N) is 1. The molecule has 0 aliphatic rings. The third kappa shape index (κ3) is 4.02. The fourth-order valence-electron chi connectivity index (χ4n) is 1.77. The van der Waals surface area contributed by atoms with Crippen LogP contribution in [0.15, 0.2) is 12.1 Å². The lowest BCUT2D eigenvalue weighted by Gasteiger charge is -2.14. The van der Waals surface area contributed by atoms with E-state index in [1.807, 2.05) is 13.0 Å². The van der Waals surface area contributed by atoms with Gasteiger partial charge in [0.1, 0.15) is 12.4 Å². The van der Waals surface area contributed by atoms with Gasteiger partial charge in [0.05, 0.1) is 6.61 Å². The van der Waals surface area contributed by atoms with Crippen LogP contribution < -0.4 is 10.5 Å². The van der Waals surface area contributed by atoms with Crippen LogP contribution in [0.5, 0.6) is 5.75 Å². The minimum Gasteiger partial charge on any atom is -0.492 e. The molecule has 0 heterocycles. The maximum absolute atomic E-state index is 5.59. The number of ether oxygens (including phenoxy) is 2. The monoisotopic (exact) mass is 237 g/mol. The average Bonchev–Trinajstić information content (AvgIpc) is 2.34. The zero-order valence-electron chi connectivity index (χ0n) is 11.1. The zero-order chi connectivity index (χ0) is 12.7. The lowest BCUT2D eigenvalue weighted by atomic mass is 10.0. The summed E-state index contributed by atoms with van der Waals surface area (Å²) in [6.07, 6.45) is 0.956. The molecule has 1 rings (SSSR count). The second-order valence-electron chi connectivity index (χ2n) is 4.06. The highest BCUT2D eigenvalue weighted by Gasteiger charge is 2.07. The van der Waals surface area contributed by atoms with E-state index in [9.17, 15) is 0 Å². The van der Waals surface area contributed by atoms with Crippen LogP contribution in [0, 0.1) is 13.8 Å². The number of hydrogen-bond donors (Lipinski definition) is 1. The molecule has 0 spiro atoms. The Morgan fingerprint density at radius 2 is 1.88 bits per heavy atom. The van der Waals surface area contributed by atoms with Crippen LogP contribution in [-0.4, -0.2) is 26.4 Å². The molecule has 0 atom stereocenters. The largest absolute Gasteiger partial charge is 0.492 e. The fraction of sp³-hybridized carbons (Fsp3) is 0.571. The lowest BCUT2D eigenvalue weighted by molar-refractivity contribution is 0.151. The van der Waals surface area contributed by atoms with Crippen LogP contribution in [-0.2, 0) is 11.2 Å². The third-order valence-electron chi connectivity index (χ3n) is 2.94. The standard InChI is InChI=1S/C14H23NO2/c1-4-16-9-7-13-5-6-14(17-10-8-15)12(3)11(13)2/h5-6H,4,7-10,15H2,1-3H3. The molecule has 0 aromatic heterocycles. The van der Waals surface area contributed by atoms with Crippen molar-refractivity contribution in [1.82, 2.24) is 0 Å². The summed E-state index contributed by atoms with van der Waals surface area (Å²) in [7, 11) is 0. The van der Waals surface area contributed by atoms with Gasteiger partial charge in [-0.2, -0.15) is 0 Å². The van der Waals surface area contributed by atoms with E-state index in [0.29, 0.717) is 13.2 Å². The van der Waals surface area contributed by atoms with E-state index in [2.05, 4.69) is 19.9 Å². The molecule has 0 aliphatic carbocycles. The van der Waals surface area contributed by atoms with E-state index in [-0.39, 0.29) is 0 Å². The van der Waals surface area contributed by atoms with Gasteiger partial charge in [0, 0.05) is 13.2 Å². The Kier molecular flexibility index (Phi) is 6.01. The van der Waals surface area contributed by atoms with Gasteiger partial charge in [-0.25, -0.2) is 0 Å². The molecule has 1 aromatic carbocycles. The van der Waals surface area contributed by atoms with Crippen molar-refractivity contribution in [2.75, 3.05) is 26.4 Å². The molecule has 0 saturated heterocycles. The SMILES string of the molecule is CCOCCc1ccc(OCCN)c(C)c1C. The quantitative estimate of drug-likeness (QED) is 0.740. The summed E-state index contributed by atoms with van der Waals surface area (Å²) in [6, 6.07) is 4.15. The molecule has 17 heavy (non-hydrogen) atoms. The molecule has 3 heteroatoms. The number of hydrogen-bond acceptors (Lipinski definition) is 3. The van der Waals surface area contributed by atoms with Gasteiger partial charge in [-0.3, -0.25) is 0 Å². The summed E-state index contributed by atoms with van der Waals surface area (Å²) in [5.74, 6) is 0.938. The predicted octanol–water partition coefficient (Wildman–Crippen LogP) is 2.22. The molecule has 0 saturated carbocycles. The minimum atomic E-state index is 0.546. The van der Waals surface area contributed by atoms with Gasteiger partial charge in [-0.1, -0.05) is 6.07 Å². The summed E-state index contributed by atoms with van der Waals surface area (Å²) >= 11 is 0. The van der Waals surface area contributed by atoms with Gasteiger partial charge < -0.3 is 15.2 Å². The first-order valence-corrected chi connectivity index (χ1v) is 6.20. The Bertz CT molecular complexity index is 350. The van der Waals surface area contributed by atoms with Crippen molar-refractivity contribution in [2.45, 2.75) is 27.2 Å². The highest BCUT2D eigenvalue weighted by molar-refractivity contribution is 5.43. The smallest absolute Gasteiger partial charge is 0.122 e. The van der Waals surface area contributed by atoms with Crippen LogP contribution in [0.1, 0.15) is 23.6 Å². The summed E-state index contributed by atoms with van der Waals surface area (Å²) in [5, 5.41) is 0.